The molecule has 154 valence electrons. The van der Waals surface area contributed by atoms with Gasteiger partial charge >= 0.3 is 0 Å². The summed E-state index contributed by atoms with van der Waals surface area (Å²) in [6.07, 6.45) is 0.598. The van der Waals surface area contributed by atoms with Gasteiger partial charge in [-0.1, -0.05) is 12.1 Å². The topological polar surface area (TPSA) is 44.8 Å². The van der Waals surface area contributed by atoms with Gasteiger partial charge in [-0.2, -0.15) is 0 Å². The summed E-state index contributed by atoms with van der Waals surface area (Å²) in [5.41, 5.74) is 1.37. The Morgan fingerprint density at radius 2 is 1.85 bits per heavy atom. The zero-order chi connectivity index (χ0) is 18.0. The minimum absolute atomic E-state index is 0. The number of hydrogen-bond donors (Lipinski definition) is 1. The molecular weight excluding hydrogens is 385 g/mol. The fraction of sp³-hybridized carbons (Fsp3) is 0.650. The van der Waals surface area contributed by atoms with Gasteiger partial charge in [-0.3, -0.25) is 9.69 Å². The summed E-state index contributed by atoms with van der Waals surface area (Å²) in [5.74, 6) is 2.41. The van der Waals surface area contributed by atoms with Crippen molar-refractivity contribution in [1.29, 1.82) is 0 Å². The van der Waals surface area contributed by atoms with E-state index in [0.717, 1.165) is 31.9 Å². The van der Waals surface area contributed by atoms with E-state index in [2.05, 4.69) is 46.4 Å². The summed E-state index contributed by atoms with van der Waals surface area (Å²) in [7, 11) is 3.94. The van der Waals surface area contributed by atoms with Crippen molar-refractivity contribution >= 4 is 30.7 Å². The molecule has 5 nitrogen and oxygen atoms in total. The maximum Gasteiger partial charge on any atom is 0.221 e. The van der Waals surface area contributed by atoms with Gasteiger partial charge < -0.3 is 15.0 Å². The number of nitrogens with one attached hydrogen (secondary N) is 1. The van der Waals surface area contributed by atoms with Crippen LogP contribution in [0, 0.1) is 11.8 Å². The van der Waals surface area contributed by atoms with Crippen LogP contribution >= 0.6 is 24.8 Å². The van der Waals surface area contributed by atoms with Crippen LogP contribution in [0.4, 0.5) is 0 Å². The Morgan fingerprint density at radius 3 is 2.44 bits per heavy atom. The zero-order valence-electron chi connectivity index (χ0n) is 16.7. The van der Waals surface area contributed by atoms with Crippen LogP contribution in [0.25, 0.3) is 0 Å². The van der Waals surface area contributed by atoms with Crippen molar-refractivity contribution < 1.29 is 9.53 Å². The summed E-state index contributed by atoms with van der Waals surface area (Å²) < 4.78 is 5.28. The molecule has 2 saturated heterocycles. The molecule has 3 rings (SSSR count). The minimum atomic E-state index is 0. The number of nitrogens with zero attached hydrogens (tertiary/aromatic N) is 2. The van der Waals surface area contributed by atoms with Gasteiger partial charge in [-0.25, -0.2) is 0 Å². The highest BCUT2D eigenvalue weighted by atomic mass is 35.5. The summed E-state index contributed by atoms with van der Waals surface area (Å²) >= 11 is 0. The van der Waals surface area contributed by atoms with Crippen molar-refractivity contribution in [2.45, 2.75) is 32.4 Å². The van der Waals surface area contributed by atoms with Gasteiger partial charge in [0.2, 0.25) is 5.91 Å². The van der Waals surface area contributed by atoms with E-state index in [1.165, 1.54) is 5.56 Å². The third kappa shape index (κ3) is 5.74. The van der Waals surface area contributed by atoms with Gasteiger partial charge in [0.15, 0.2) is 0 Å². The summed E-state index contributed by atoms with van der Waals surface area (Å²) in [6, 6.07) is 9.19. The highest BCUT2D eigenvalue weighted by Gasteiger charge is 2.45. The van der Waals surface area contributed by atoms with E-state index in [0.29, 0.717) is 24.3 Å². The molecule has 0 spiro atoms. The quantitative estimate of drug-likeness (QED) is 0.772. The van der Waals surface area contributed by atoms with Crippen molar-refractivity contribution in [2.24, 2.45) is 11.8 Å². The monoisotopic (exact) mass is 417 g/mol. The first kappa shape index (κ1) is 24.0. The molecule has 3 atom stereocenters. The van der Waals surface area contributed by atoms with E-state index in [-0.39, 0.29) is 36.8 Å². The Morgan fingerprint density at radius 1 is 1.19 bits per heavy atom. The first-order valence-electron chi connectivity index (χ1n) is 9.34. The number of likely N-dealkylation sites (tertiary alicyclic amines) is 2. The predicted molar refractivity (Wildman–Crippen MR) is 114 cm³/mol. The average Bonchev–Trinajstić information content (AvgIpc) is 3.08. The largest absolute Gasteiger partial charge is 0.497 e. The molecule has 2 heterocycles. The van der Waals surface area contributed by atoms with E-state index in [9.17, 15) is 4.79 Å². The van der Waals surface area contributed by atoms with E-state index < -0.39 is 0 Å². The Kier molecular flexibility index (Phi) is 9.35. The van der Waals surface area contributed by atoms with Gasteiger partial charge in [0.1, 0.15) is 5.75 Å². The SMILES string of the molecule is COc1ccc([C@@H]2[C@@H]3CN(CCC(=O)NC(C)C)C[C@@H]3CN2C)cc1.Cl.Cl. The van der Waals surface area contributed by atoms with E-state index in [1.54, 1.807) is 7.11 Å². The fourth-order valence-corrected chi connectivity index (χ4v) is 4.49. The molecule has 0 saturated carbocycles. The number of carbonyl (C=O) groups excluding carboxylic acids is 1. The summed E-state index contributed by atoms with van der Waals surface area (Å²) in [6.45, 7) is 8.21. The molecule has 0 bridgehead atoms. The molecular formula is C20H33Cl2N3O2. The van der Waals surface area contributed by atoms with Crippen molar-refractivity contribution in [3.63, 3.8) is 0 Å². The molecule has 0 aliphatic carbocycles. The van der Waals surface area contributed by atoms with Gasteiger partial charge in [-0.15, -0.1) is 24.8 Å². The number of halogens is 2. The highest BCUT2D eigenvalue weighted by Crippen LogP contribution is 2.44. The van der Waals surface area contributed by atoms with E-state index in [1.807, 2.05) is 13.8 Å². The molecule has 0 unspecified atom stereocenters. The lowest BCUT2D eigenvalue weighted by molar-refractivity contribution is -0.121. The number of fused-ring (bicyclic) bond motifs is 1. The average molecular weight is 418 g/mol. The first-order chi connectivity index (χ1) is 12.0. The molecule has 2 aliphatic rings. The van der Waals surface area contributed by atoms with Crippen LogP contribution in [0.2, 0.25) is 0 Å². The van der Waals surface area contributed by atoms with Crippen LogP contribution in [-0.4, -0.2) is 62.1 Å². The van der Waals surface area contributed by atoms with Crippen LogP contribution in [0.5, 0.6) is 5.75 Å². The zero-order valence-corrected chi connectivity index (χ0v) is 18.3. The van der Waals surface area contributed by atoms with E-state index >= 15 is 0 Å². The molecule has 0 aromatic heterocycles. The van der Waals surface area contributed by atoms with E-state index in [4.69, 9.17) is 4.74 Å². The van der Waals surface area contributed by atoms with Crippen LogP contribution < -0.4 is 10.1 Å². The lowest BCUT2D eigenvalue weighted by Crippen LogP contribution is -2.35. The number of carbonyl (C=O) groups is 1. The molecule has 1 amide bonds. The van der Waals surface area contributed by atoms with Crippen molar-refractivity contribution in [2.75, 3.05) is 40.3 Å². The van der Waals surface area contributed by atoms with Crippen LogP contribution in [-0.2, 0) is 4.79 Å². The molecule has 7 heteroatoms. The standard InChI is InChI=1S/C20H31N3O2.2ClH/c1-14(2)21-19(24)9-10-23-12-16-11-22(3)20(18(16)13-23)15-5-7-17(25-4)8-6-15;;/h5-8,14,16,18,20H,9-13H2,1-4H3,(H,21,24);2*1H/t16-,18+,20+;;/m0../s1. The second-order valence-corrected chi connectivity index (χ2v) is 7.81. The molecule has 27 heavy (non-hydrogen) atoms. The Hall–Kier alpha value is -1.01. The molecule has 2 fully saturated rings. The smallest absolute Gasteiger partial charge is 0.221 e. The predicted octanol–water partition coefficient (Wildman–Crippen LogP) is 2.99. The van der Waals surface area contributed by atoms with Crippen LogP contribution in [0.1, 0.15) is 31.9 Å². The number of amides is 1. The maximum absolute atomic E-state index is 11.9. The third-order valence-corrected chi connectivity index (χ3v) is 5.53. The lowest BCUT2D eigenvalue weighted by Gasteiger charge is -2.27. The second kappa shape index (κ2) is 10.5. The number of benzene rings is 1. The minimum Gasteiger partial charge on any atom is -0.497 e. The number of methoxy groups -OCH3 is 1. The number of hydrogen-bond acceptors (Lipinski definition) is 4. The summed E-state index contributed by atoms with van der Waals surface area (Å²) in [4.78, 5) is 16.9. The molecule has 0 radical (unpaired) electrons. The maximum atomic E-state index is 11.9. The van der Waals surface area contributed by atoms with Gasteiger partial charge in [0, 0.05) is 44.7 Å². The molecule has 2 aliphatic heterocycles. The Bertz CT molecular complexity index is 597. The first-order valence-corrected chi connectivity index (χ1v) is 9.34. The lowest BCUT2D eigenvalue weighted by atomic mass is 9.89. The Balaban J connectivity index is 0.00000182. The van der Waals surface area contributed by atoms with Crippen molar-refractivity contribution in [3.05, 3.63) is 29.8 Å². The summed E-state index contributed by atoms with van der Waals surface area (Å²) in [5, 5.41) is 2.98. The van der Waals surface area contributed by atoms with Gasteiger partial charge in [0.25, 0.3) is 0 Å². The van der Waals surface area contributed by atoms with Crippen molar-refractivity contribution in [3.8, 4) is 5.75 Å². The fourth-order valence-electron chi connectivity index (χ4n) is 4.49. The highest BCUT2D eigenvalue weighted by molar-refractivity contribution is 5.85. The Labute approximate surface area is 175 Å². The van der Waals surface area contributed by atoms with Gasteiger partial charge in [0.05, 0.1) is 7.11 Å². The van der Waals surface area contributed by atoms with Gasteiger partial charge in [-0.05, 0) is 50.4 Å². The van der Waals surface area contributed by atoms with Crippen molar-refractivity contribution in [1.82, 2.24) is 15.1 Å². The normalized spacial score (nSPS) is 24.9. The van der Waals surface area contributed by atoms with Crippen LogP contribution in [0.3, 0.4) is 0 Å². The second-order valence-electron chi connectivity index (χ2n) is 7.81. The number of rotatable bonds is 6. The number of ether oxygens (including phenoxy) is 1. The molecule has 1 aromatic rings. The van der Waals surface area contributed by atoms with Crippen LogP contribution in [0.15, 0.2) is 24.3 Å². The third-order valence-electron chi connectivity index (χ3n) is 5.53. The molecule has 1 aromatic carbocycles. The molecule has 1 N–H and O–H groups in total.